The van der Waals surface area contributed by atoms with Gasteiger partial charge < -0.3 is 10.1 Å². The molecule has 0 unspecified atom stereocenters. The molecule has 1 amide bonds. The predicted octanol–water partition coefficient (Wildman–Crippen LogP) is 5.01. The van der Waals surface area contributed by atoms with Gasteiger partial charge in [0.2, 0.25) is 5.91 Å². The number of ketones is 2. The van der Waals surface area contributed by atoms with Crippen LogP contribution in [0.25, 0.3) is 11.3 Å². The minimum atomic E-state index is -0.186. The van der Waals surface area contributed by atoms with Crippen molar-refractivity contribution in [3.63, 3.8) is 0 Å². The lowest BCUT2D eigenvalue weighted by Crippen LogP contribution is -2.12. The average Bonchev–Trinajstić information content (AvgIpc) is 3.16. The normalized spacial score (nSPS) is 10.5. The summed E-state index contributed by atoms with van der Waals surface area (Å²) in [7, 11) is 0. The zero-order valence-electron chi connectivity index (χ0n) is 16.8. The highest BCUT2D eigenvalue weighted by molar-refractivity contribution is 7.18. The molecule has 0 aliphatic heterocycles. The molecule has 0 radical (unpaired) electrons. The molecule has 1 aromatic heterocycles. The van der Waals surface area contributed by atoms with Crippen molar-refractivity contribution in [1.82, 2.24) is 4.98 Å². The molecule has 7 heteroatoms. The highest BCUT2D eigenvalue weighted by Crippen LogP contribution is 2.31. The standard InChI is InChI=1S/C23H22N2O4S/c1-15(26)17-10-12-19(13-11-17)29-14-6-9-20(28)24-23-25-21(22(30-23)16(2)27)18-7-4-3-5-8-18/h3-5,7-8,10-13H,6,9,14H2,1-2H3,(H,24,25,28). The van der Waals surface area contributed by atoms with Gasteiger partial charge in [-0.1, -0.05) is 41.7 Å². The molecule has 0 spiro atoms. The maximum atomic E-state index is 12.2. The number of anilines is 1. The number of nitrogens with one attached hydrogen (secondary N) is 1. The molecule has 0 bridgehead atoms. The zero-order valence-corrected chi connectivity index (χ0v) is 17.6. The Morgan fingerprint density at radius 1 is 0.967 bits per heavy atom. The molecular weight excluding hydrogens is 400 g/mol. The first-order valence-electron chi connectivity index (χ1n) is 9.55. The molecule has 1 N–H and O–H groups in total. The number of aromatic nitrogens is 1. The lowest BCUT2D eigenvalue weighted by Gasteiger charge is -2.06. The fraction of sp³-hybridized carbons (Fsp3) is 0.217. The summed E-state index contributed by atoms with van der Waals surface area (Å²) in [6.45, 7) is 3.38. The van der Waals surface area contributed by atoms with E-state index in [0.29, 0.717) is 40.0 Å². The Bertz CT molecular complexity index is 1040. The third kappa shape index (κ3) is 5.61. The second kappa shape index (κ2) is 9.93. The second-order valence-electron chi connectivity index (χ2n) is 6.70. The van der Waals surface area contributed by atoms with Crippen LogP contribution in [0.1, 0.15) is 46.7 Å². The SMILES string of the molecule is CC(=O)c1ccc(OCCCC(=O)Nc2nc(-c3ccccc3)c(C(C)=O)s2)cc1. The quantitative estimate of drug-likeness (QED) is 0.387. The number of hydrogen-bond donors (Lipinski definition) is 1. The Morgan fingerprint density at radius 2 is 1.67 bits per heavy atom. The molecule has 0 aliphatic rings. The topological polar surface area (TPSA) is 85.4 Å². The summed E-state index contributed by atoms with van der Waals surface area (Å²) in [6, 6.07) is 16.3. The van der Waals surface area contributed by atoms with E-state index in [0.717, 1.165) is 5.56 Å². The van der Waals surface area contributed by atoms with Crippen molar-refractivity contribution >= 4 is 33.9 Å². The summed E-state index contributed by atoms with van der Waals surface area (Å²) in [5.74, 6) is 0.382. The molecule has 0 saturated carbocycles. The first-order valence-corrected chi connectivity index (χ1v) is 10.4. The van der Waals surface area contributed by atoms with Crippen molar-refractivity contribution in [2.45, 2.75) is 26.7 Å². The van der Waals surface area contributed by atoms with Crippen molar-refractivity contribution in [2.75, 3.05) is 11.9 Å². The van der Waals surface area contributed by atoms with Gasteiger partial charge in [0.1, 0.15) is 5.75 Å². The summed E-state index contributed by atoms with van der Waals surface area (Å²) in [5.41, 5.74) is 2.05. The van der Waals surface area contributed by atoms with Crippen LogP contribution in [-0.2, 0) is 4.79 Å². The molecule has 0 aliphatic carbocycles. The number of benzene rings is 2. The first-order chi connectivity index (χ1) is 14.4. The van der Waals surface area contributed by atoms with Crippen molar-refractivity contribution < 1.29 is 19.1 Å². The smallest absolute Gasteiger partial charge is 0.226 e. The summed E-state index contributed by atoms with van der Waals surface area (Å²) in [5, 5.41) is 3.18. The number of Topliss-reactive ketones (excluding diaryl/α,β-unsaturated/α-hetero) is 2. The van der Waals surface area contributed by atoms with Gasteiger partial charge in [0, 0.05) is 24.5 Å². The predicted molar refractivity (Wildman–Crippen MR) is 117 cm³/mol. The van der Waals surface area contributed by atoms with Crippen molar-refractivity contribution in [3.8, 4) is 17.0 Å². The molecule has 6 nitrogen and oxygen atoms in total. The maximum absolute atomic E-state index is 12.2. The van der Waals surface area contributed by atoms with E-state index in [2.05, 4.69) is 10.3 Å². The summed E-state index contributed by atoms with van der Waals surface area (Å²) < 4.78 is 5.60. The monoisotopic (exact) mass is 422 g/mol. The number of nitrogens with zero attached hydrogens (tertiary/aromatic N) is 1. The minimum Gasteiger partial charge on any atom is -0.494 e. The third-order valence-corrected chi connectivity index (χ3v) is 5.39. The van der Waals surface area contributed by atoms with E-state index in [9.17, 15) is 14.4 Å². The molecule has 3 aromatic rings. The number of ether oxygens (including phenoxy) is 1. The van der Waals surface area contributed by atoms with Crippen LogP contribution in [0.2, 0.25) is 0 Å². The highest BCUT2D eigenvalue weighted by atomic mass is 32.1. The van der Waals surface area contributed by atoms with Gasteiger partial charge in [-0.2, -0.15) is 0 Å². The molecule has 0 saturated heterocycles. The van der Waals surface area contributed by atoms with Gasteiger partial charge in [-0.25, -0.2) is 4.98 Å². The van der Waals surface area contributed by atoms with Gasteiger partial charge in [0.15, 0.2) is 16.7 Å². The van der Waals surface area contributed by atoms with Gasteiger partial charge in [-0.05, 0) is 37.6 Å². The Kier molecular flexibility index (Phi) is 7.08. The van der Waals surface area contributed by atoms with E-state index >= 15 is 0 Å². The molecule has 2 aromatic carbocycles. The second-order valence-corrected chi connectivity index (χ2v) is 7.70. The van der Waals surface area contributed by atoms with Gasteiger partial charge >= 0.3 is 0 Å². The number of thiazole rings is 1. The van der Waals surface area contributed by atoms with E-state index in [1.807, 2.05) is 30.3 Å². The lowest BCUT2D eigenvalue weighted by atomic mass is 10.1. The van der Waals surface area contributed by atoms with E-state index in [1.165, 1.54) is 25.2 Å². The minimum absolute atomic E-state index is 0.00348. The molecule has 30 heavy (non-hydrogen) atoms. The van der Waals surface area contributed by atoms with Crippen molar-refractivity contribution in [2.24, 2.45) is 0 Å². The Hall–Kier alpha value is -3.32. The Morgan fingerprint density at radius 3 is 2.30 bits per heavy atom. The average molecular weight is 423 g/mol. The number of hydrogen-bond acceptors (Lipinski definition) is 6. The molecule has 0 fully saturated rings. The lowest BCUT2D eigenvalue weighted by molar-refractivity contribution is -0.116. The van der Waals surface area contributed by atoms with Crippen LogP contribution in [-0.4, -0.2) is 29.1 Å². The number of carbonyl (C=O) groups is 3. The Balaban J connectivity index is 1.52. The van der Waals surface area contributed by atoms with Gasteiger partial charge in [0.25, 0.3) is 0 Å². The van der Waals surface area contributed by atoms with Gasteiger partial charge in [0.05, 0.1) is 17.2 Å². The molecule has 3 rings (SSSR count). The Labute approximate surface area is 178 Å². The summed E-state index contributed by atoms with van der Waals surface area (Å²) in [4.78, 5) is 40.5. The molecule has 0 atom stereocenters. The fourth-order valence-electron chi connectivity index (χ4n) is 2.79. The van der Waals surface area contributed by atoms with Gasteiger partial charge in [-0.15, -0.1) is 0 Å². The van der Waals surface area contributed by atoms with Crippen LogP contribution in [0.4, 0.5) is 5.13 Å². The maximum Gasteiger partial charge on any atom is 0.226 e. The molecular formula is C23H22N2O4S. The molecule has 154 valence electrons. The fourth-order valence-corrected chi connectivity index (χ4v) is 3.69. The summed E-state index contributed by atoms with van der Waals surface area (Å²) >= 11 is 1.18. The van der Waals surface area contributed by atoms with E-state index in [1.54, 1.807) is 24.3 Å². The third-order valence-electron chi connectivity index (χ3n) is 4.32. The summed E-state index contributed by atoms with van der Waals surface area (Å²) in [6.07, 6.45) is 0.790. The van der Waals surface area contributed by atoms with E-state index in [4.69, 9.17) is 4.74 Å². The van der Waals surface area contributed by atoms with Crippen LogP contribution in [0.5, 0.6) is 5.75 Å². The van der Waals surface area contributed by atoms with Crippen molar-refractivity contribution in [3.05, 3.63) is 65.0 Å². The van der Waals surface area contributed by atoms with Crippen LogP contribution < -0.4 is 10.1 Å². The number of rotatable bonds is 9. The number of amides is 1. The highest BCUT2D eigenvalue weighted by Gasteiger charge is 2.17. The van der Waals surface area contributed by atoms with Crippen LogP contribution in [0.15, 0.2) is 54.6 Å². The zero-order chi connectivity index (χ0) is 21.5. The number of carbonyl (C=O) groups excluding carboxylic acids is 3. The van der Waals surface area contributed by atoms with Crippen molar-refractivity contribution in [1.29, 1.82) is 0 Å². The first kappa shape index (κ1) is 21.4. The van der Waals surface area contributed by atoms with Crippen LogP contribution >= 0.6 is 11.3 Å². The van der Waals surface area contributed by atoms with E-state index < -0.39 is 0 Å². The van der Waals surface area contributed by atoms with E-state index in [-0.39, 0.29) is 23.9 Å². The van der Waals surface area contributed by atoms with Crippen LogP contribution in [0, 0.1) is 0 Å². The largest absolute Gasteiger partial charge is 0.494 e. The van der Waals surface area contributed by atoms with Gasteiger partial charge in [-0.3, -0.25) is 14.4 Å². The molecule has 1 heterocycles. The van der Waals surface area contributed by atoms with Crippen LogP contribution in [0.3, 0.4) is 0 Å².